The van der Waals surface area contributed by atoms with Crippen LogP contribution in [0.25, 0.3) is 6.08 Å². The summed E-state index contributed by atoms with van der Waals surface area (Å²) in [5.41, 5.74) is 3.68. The minimum atomic E-state index is -0.903. The first-order valence-electron chi connectivity index (χ1n) is 6.99. The van der Waals surface area contributed by atoms with Crippen molar-refractivity contribution in [3.05, 3.63) is 71.3 Å². The summed E-state index contributed by atoms with van der Waals surface area (Å²) < 4.78 is 11.4. The van der Waals surface area contributed by atoms with Crippen molar-refractivity contribution in [2.75, 3.05) is 11.6 Å². The number of carbonyl (C=O) groups is 1. The minimum absolute atomic E-state index is 0.179. The number of carbonyl (C=O) groups excluding carboxylic acids is 1. The second kappa shape index (κ2) is 7.71. The Balaban J connectivity index is 2.09. The highest BCUT2D eigenvalue weighted by molar-refractivity contribution is 7.83. The van der Waals surface area contributed by atoms with Crippen LogP contribution < -0.4 is 5.32 Å². The van der Waals surface area contributed by atoms with Crippen LogP contribution in [-0.4, -0.2) is 16.4 Å². The smallest absolute Gasteiger partial charge is 0.248 e. The van der Waals surface area contributed by atoms with E-state index in [2.05, 4.69) is 5.32 Å². The fourth-order valence-electron chi connectivity index (χ4n) is 2.10. The lowest BCUT2D eigenvalue weighted by molar-refractivity contribution is -0.111. The monoisotopic (exact) mass is 313 g/mol. The molecule has 0 fully saturated rings. The molecule has 114 valence electrons. The zero-order valence-corrected chi connectivity index (χ0v) is 13.5. The number of anilines is 1. The van der Waals surface area contributed by atoms with E-state index in [0.29, 0.717) is 5.75 Å². The van der Waals surface area contributed by atoms with Gasteiger partial charge in [-0.1, -0.05) is 42.5 Å². The van der Waals surface area contributed by atoms with Crippen LogP contribution >= 0.6 is 0 Å². The Labute approximate surface area is 133 Å². The fraction of sp³-hybridized carbons (Fsp3) is 0.167. The van der Waals surface area contributed by atoms with Crippen LogP contribution in [0, 0.1) is 6.92 Å². The third-order valence-electron chi connectivity index (χ3n) is 3.29. The highest BCUT2D eigenvalue weighted by Gasteiger charge is 2.07. The van der Waals surface area contributed by atoms with Crippen LogP contribution in [0.4, 0.5) is 5.69 Å². The third kappa shape index (κ3) is 4.67. The second-order valence-electron chi connectivity index (χ2n) is 5.04. The molecule has 0 saturated carbocycles. The molecule has 2 aromatic rings. The molecule has 0 spiro atoms. The van der Waals surface area contributed by atoms with Gasteiger partial charge in [0.2, 0.25) is 5.91 Å². The normalized spacial score (nSPS) is 12.3. The average molecular weight is 313 g/mol. The van der Waals surface area contributed by atoms with Gasteiger partial charge in [0.05, 0.1) is 0 Å². The maximum atomic E-state index is 12.0. The maximum absolute atomic E-state index is 12.0. The SMILES string of the molecule is Cc1c(CS(C)=O)cccc1NC(=O)C=Cc1ccccc1. The number of hydrogen-bond donors (Lipinski definition) is 1. The molecule has 2 aromatic carbocycles. The van der Waals surface area contributed by atoms with E-state index in [-0.39, 0.29) is 5.91 Å². The van der Waals surface area contributed by atoms with E-state index in [1.54, 1.807) is 12.3 Å². The average Bonchev–Trinajstić information content (AvgIpc) is 2.50. The van der Waals surface area contributed by atoms with Gasteiger partial charge in [0, 0.05) is 34.6 Å². The van der Waals surface area contributed by atoms with Crippen molar-refractivity contribution in [2.45, 2.75) is 12.7 Å². The number of amides is 1. The van der Waals surface area contributed by atoms with Crippen LogP contribution in [0.5, 0.6) is 0 Å². The van der Waals surface area contributed by atoms with Crippen LogP contribution in [0.1, 0.15) is 16.7 Å². The third-order valence-corrected chi connectivity index (χ3v) is 4.01. The topological polar surface area (TPSA) is 46.2 Å². The summed E-state index contributed by atoms with van der Waals surface area (Å²) >= 11 is 0. The summed E-state index contributed by atoms with van der Waals surface area (Å²) in [5.74, 6) is 0.316. The van der Waals surface area contributed by atoms with Crippen molar-refractivity contribution < 1.29 is 9.00 Å². The molecule has 3 nitrogen and oxygen atoms in total. The molecule has 2 rings (SSSR count). The summed E-state index contributed by atoms with van der Waals surface area (Å²) in [6.45, 7) is 1.93. The number of hydrogen-bond acceptors (Lipinski definition) is 2. The first kappa shape index (κ1) is 16.2. The fourth-order valence-corrected chi connectivity index (χ4v) is 2.86. The Morgan fingerprint density at radius 2 is 1.86 bits per heavy atom. The van der Waals surface area contributed by atoms with Crippen molar-refractivity contribution in [3.63, 3.8) is 0 Å². The van der Waals surface area contributed by atoms with Crippen molar-refractivity contribution in [1.82, 2.24) is 0 Å². The van der Waals surface area contributed by atoms with E-state index >= 15 is 0 Å². The van der Waals surface area contributed by atoms with Gasteiger partial charge in [0.1, 0.15) is 0 Å². The Hall–Kier alpha value is -2.20. The van der Waals surface area contributed by atoms with E-state index in [4.69, 9.17) is 0 Å². The molecular weight excluding hydrogens is 294 g/mol. The first-order chi connectivity index (χ1) is 10.6. The highest BCUT2D eigenvalue weighted by Crippen LogP contribution is 2.20. The molecule has 0 aliphatic carbocycles. The molecule has 0 aliphatic rings. The lowest BCUT2D eigenvalue weighted by Crippen LogP contribution is -2.10. The van der Waals surface area contributed by atoms with Crippen LogP contribution in [-0.2, 0) is 21.3 Å². The highest BCUT2D eigenvalue weighted by atomic mass is 32.2. The molecule has 0 aliphatic heterocycles. The van der Waals surface area contributed by atoms with E-state index < -0.39 is 10.8 Å². The van der Waals surface area contributed by atoms with Gasteiger partial charge < -0.3 is 5.32 Å². The quantitative estimate of drug-likeness (QED) is 0.858. The van der Waals surface area contributed by atoms with Crippen LogP contribution in [0.2, 0.25) is 0 Å². The van der Waals surface area contributed by atoms with Gasteiger partial charge in [0.25, 0.3) is 0 Å². The zero-order valence-electron chi connectivity index (χ0n) is 12.7. The van der Waals surface area contributed by atoms with Crippen LogP contribution in [0.15, 0.2) is 54.6 Å². The van der Waals surface area contributed by atoms with Gasteiger partial charge in [-0.05, 0) is 35.8 Å². The summed E-state index contributed by atoms with van der Waals surface area (Å²) in [5, 5.41) is 2.87. The Kier molecular flexibility index (Phi) is 5.67. The standard InChI is InChI=1S/C18H19NO2S/c1-14-16(13-22(2)21)9-6-10-17(14)19-18(20)12-11-15-7-4-3-5-8-15/h3-12H,13H2,1-2H3,(H,19,20). The molecule has 0 aromatic heterocycles. The molecule has 0 radical (unpaired) electrons. The summed E-state index contributed by atoms with van der Waals surface area (Å²) in [4.78, 5) is 12.0. The second-order valence-corrected chi connectivity index (χ2v) is 6.48. The van der Waals surface area contributed by atoms with Crippen LogP contribution in [0.3, 0.4) is 0 Å². The summed E-state index contributed by atoms with van der Waals surface area (Å²) in [7, 11) is -0.903. The van der Waals surface area contributed by atoms with Gasteiger partial charge in [0.15, 0.2) is 0 Å². The van der Waals surface area contributed by atoms with Gasteiger partial charge in [-0.25, -0.2) is 0 Å². The minimum Gasteiger partial charge on any atom is -0.322 e. The van der Waals surface area contributed by atoms with E-state index in [1.807, 2.05) is 55.5 Å². The summed E-state index contributed by atoms with van der Waals surface area (Å²) in [6, 6.07) is 15.3. The van der Waals surface area contributed by atoms with E-state index in [1.165, 1.54) is 6.08 Å². The van der Waals surface area contributed by atoms with Crippen molar-refractivity contribution >= 4 is 28.5 Å². The predicted octanol–water partition coefficient (Wildman–Crippen LogP) is 3.53. The summed E-state index contributed by atoms with van der Waals surface area (Å²) in [6.07, 6.45) is 4.96. The van der Waals surface area contributed by atoms with Crippen molar-refractivity contribution in [2.24, 2.45) is 0 Å². The molecular formula is C18H19NO2S. The molecule has 0 heterocycles. The Bertz CT molecular complexity index is 708. The molecule has 0 bridgehead atoms. The molecule has 1 atom stereocenters. The molecule has 1 unspecified atom stereocenters. The van der Waals surface area contributed by atoms with Crippen molar-refractivity contribution in [1.29, 1.82) is 0 Å². The number of nitrogens with one attached hydrogen (secondary N) is 1. The molecule has 1 N–H and O–H groups in total. The predicted molar refractivity (Wildman–Crippen MR) is 93.1 cm³/mol. The van der Waals surface area contributed by atoms with E-state index in [9.17, 15) is 9.00 Å². The lowest BCUT2D eigenvalue weighted by Gasteiger charge is -2.10. The molecule has 1 amide bonds. The largest absolute Gasteiger partial charge is 0.322 e. The number of rotatable bonds is 5. The number of benzene rings is 2. The van der Waals surface area contributed by atoms with Gasteiger partial charge >= 0.3 is 0 Å². The lowest BCUT2D eigenvalue weighted by atomic mass is 10.1. The maximum Gasteiger partial charge on any atom is 0.248 e. The zero-order chi connectivity index (χ0) is 15.9. The molecule has 4 heteroatoms. The van der Waals surface area contributed by atoms with Gasteiger partial charge in [-0.3, -0.25) is 9.00 Å². The van der Waals surface area contributed by atoms with E-state index in [0.717, 1.165) is 22.4 Å². The van der Waals surface area contributed by atoms with Crippen molar-refractivity contribution in [3.8, 4) is 0 Å². The van der Waals surface area contributed by atoms with Gasteiger partial charge in [-0.15, -0.1) is 0 Å². The van der Waals surface area contributed by atoms with Gasteiger partial charge in [-0.2, -0.15) is 0 Å². The Morgan fingerprint density at radius 1 is 1.14 bits per heavy atom. The first-order valence-corrected chi connectivity index (χ1v) is 8.71. The molecule has 22 heavy (non-hydrogen) atoms. The Morgan fingerprint density at radius 3 is 2.55 bits per heavy atom. The molecule has 0 saturated heterocycles.